The van der Waals surface area contributed by atoms with Crippen LogP contribution in [0.2, 0.25) is 23.2 Å². The number of anilines is 3. The van der Waals surface area contributed by atoms with E-state index >= 15 is 0 Å². The maximum Gasteiger partial charge on any atom is 0.227 e. The Morgan fingerprint density at radius 1 is 1.16 bits per heavy atom. The standard InChI is InChI=1S/C28H31ClN6OSi/c1-27(2,3)37(5,6)36-17-28(4)16-33-25-20(15-31)12-19(13-21(25)28)23-9-10-32-26(34-23)35-24-11-18(14-30)7-8-22(24)29/h7-13,33H,16-17H2,1-6H3,(H,32,34,35). The molecule has 37 heavy (non-hydrogen) atoms. The average molecular weight is 531 g/mol. The average Bonchev–Trinajstić information content (AvgIpc) is 3.20. The number of hydrogen-bond acceptors (Lipinski definition) is 7. The van der Waals surface area contributed by atoms with Gasteiger partial charge in [0, 0.05) is 30.3 Å². The van der Waals surface area contributed by atoms with E-state index in [2.05, 4.69) is 79.6 Å². The maximum atomic E-state index is 9.94. The number of nitrogens with one attached hydrogen (secondary N) is 2. The molecule has 0 amide bonds. The Morgan fingerprint density at radius 2 is 1.92 bits per heavy atom. The van der Waals surface area contributed by atoms with E-state index in [0.717, 1.165) is 16.8 Å². The van der Waals surface area contributed by atoms with E-state index < -0.39 is 8.32 Å². The summed E-state index contributed by atoms with van der Waals surface area (Å²) in [5, 5.41) is 26.3. The van der Waals surface area contributed by atoms with Crippen molar-refractivity contribution in [3.63, 3.8) is 0 Å². The molecular formula is C28H31ClN6OSi. The van der Waals surface area contributed by atoms with Crippen molar-refractivity contribution in [1.29, 1.82) is 10.5 Å². The van der Waals surface area contributed by atoms with Gasteiger partial charge in [0.2, 0.25) is 5.95 Å². The highest BCUT2D eigenvalue weighted by atomic mass is 35.5. The van der Waals surface area contributed by atoms with Crippen LogP contribution in [0.5, 0.6) is 0 Å². The topological polar surface area (TPSA) is 107 Å². The summed E-state index contributed by atoms with van der Waals surface area (Å²) in [7, 11) is -1.95. The Morgan fingerprint density at radius 3 is 2.59 bits per heavy atom. The summed E-state index contributed by atoms with van der Waals surface area (Å²) in [5.41, 5.74) is 4.71. The molecule has 1 unspecified atom stereocenters. The second-order valence-electron chi connectivity index (χ2n) is 11.2. The SMILES string of the molecule is CC1(CO[Si](C)(C)C(C)(C)C)CNc2c(C#N)cc(-c3ccnc(Nc4cc(C#N)ccc4Cl)n3)cc21. The molecule has 9 heteroatoms. The number of rotatable bonds is 6. The van der Waals surface area contributed by atoms with Gasteiger partial charge in [0.25, 0.3) is 0 Å². The molecule has 1 aromatic heterocycles. The van der Waals surface area contributed by atoms with Crippen LogP contribution in [0.1, 0.15) is 44.4 Å². The highest BCUT2D eigenvalue weighted by molar-refractivity contribution is 6.74. The summed E-state index contributed by atoms with van der Waals surface area (Å²) in [4.78, 5) is 9.01. The van der Waals surface area contributed by atoms with Crippen LogP contribution in [0.25, 0.3) is 11.3 Å². The second kappa shape index (κ2) is 9.79. The Labute approximate surface area is 224 Å². The minimum absolute atomic E-state index is 0.109. The quantitative estimate of drug-likeness (QED) is 0.331. The van der Waals surface area contributed by atoms with Gasteiger partial charge in [-0.1, -0.05) is 39.3 Å². The van der Waals surface area contributed by atoms with Crippen molar-refractivity contribution in [2.24, 2.45) is 0 Å². The first-order valence-electron chi connectivity index (χ1n) is 12.1. The molecule has 1 aliphatic rings. The summed E-state index contributed by atoms with van der Waals surface area (Å²) >= 11 is 6.31. The molecule has 0 saturated carbocycles. The monoisotopic (exact) mass is 530 g/mol. The van der Waals surface area contributed by atoms with E-state index in [1.54, 1.807) is 24.4 Å². The van der Waals surface area contributed by atoms with Crippen LogP contribution in [-0.2, 0) is 9.84 Å². The van der Waals surface area contributed by atoms with Crippen LogP contribution in [-0.4, -0.2) is 31.4 Å². The number of aromatic nitrogens is 2. The van der Waals surface area contributed by atoms with E-state index in [1.165, 1.54) is 0 Å². The van der Waals surface area contributed by atoms with Crippen molar-refractivity contribution < 1.29 is 4.43 Å². The molecule has 1 atom stereocenters. The van der Waals surface area contributed by atoms with E-state index in [4.69, 9.17) is 16.0 Å². The molecule has 2 N–H and O–H groups in total. The summed E-state index contributed by atoms with van der Waals surface area (Å²) in [6.07, 6.45) is 1.66. The van der Waals surface area contributed by atoms with Crippen molar-refractivity contribution in [2.75, 3.05) is 23.8 Å². The van der Waals surface area contributed by atoms with Gasteiger partial charge in [0.05, 0.1) is 39.3 Å². The molecule has 0 saturated heterocycles. The van der Waals surface area contributed by atoms with E-state index in [0.29, 0.717) is 46.6 Å². The van der Waals surface area contributed by atoms with Crippen molar-refractivity contribution >= 4 is 37.2 Å². The lowest BCUT2D eigenvalue weighted by atomic mass is 9.83. The van der Waals surface area contributed by atoms with E-state index in [1.807, 2.05) is 12.1 Å². The molecule has 2 aromatic carbocycles. The molecule has 2 heterocycles. The van der Waals surface area contributed by atoms with Gasteiger partial charge in [-0.2, -0.15) is 10.5 Å². The van der Waals surface area contributed by atoms with Gasteiger partial charge in [-0.25, -0.2) is 9.97 Å². The largest absolute Gasteiger partial charge is 0.416 e. The van der Waals surface area contributed by atoms with Crippen LogP contribution in [0.4, 0.5) is 17.3 Å². The summed E-state index contributed by atoms with van der Waals surface area (Å²) < 4.78 is 6.62. The Bertz CT molecular complexity index is 1440. The fourth-order valence-electron chi connectivity index (χ4n) is 4.00. The first-order valence-corrected chi connectivity index (χ1v) is 15.4. The zero-order chi connectivity index (χ0) is 27.0. The molecular weight excluding hydrogens is 500 g/mol. The summed E-state index contributed by atoms with van der Waals surface area (Å²) in [6, 6.07) is 15.2. The Kier molecular flexibility index (Phi) is 7.05. The Hall–Kier alpha value is -3.43. The van der Waals surface area contributed by atoms with Gasteiger partial charge < -0.3 is 15.1 Å². The number of hydrogen-bond donors (Lipinski definition) is 2. The molecule has 0 bridgehead atoms. The normalized spacial score (nSPS) is 16.9. The van der Waals surface area contributed by atoms with Gasteiger partial charge in [-0.15, -0.1) is 0 Å². The lowest BCUT2D eigenvalue weighted by molar-refractivity contribution is 0.220. The van der Waals surface area contributed by atoms with Gasteiger partial charge >= 0.3 is 0 Å². The smallest absolute Gasteiger partial charge is 0.227 e. The fraction of sp³-hybridized carbons (Fsp3) is 0.357. The lowest BCUT2D eigenvalue weighted by Gasteiger charge is -2.39. The van der Waals surface area contributed by atoms with Crippen LogP contribution in [0, 0.1) is 22.7 Å². The fourth-order valence-corrected chi connectivity index (χ4v) is 5.28. The van der Waals surface area contributed by atoms with Crippen LogP contribution in [0.3, 0.4) is 0 Å². The molecule has 0 fully saturated rings. The van der Waals surface area contributed by atoms with Crippen LogP contribution in [0.15, 0.2) is 42.6 Å². The molecule has 190 valence electrons. The lowest BCUT2D eigenvalue weighted by Crippen LogP contribution is -2.45. The van der Waals surface area contributed by atoms with Crippen LogP contribution < -0.4 is 10.6 Å². The Balaban J connectivity index is 1.68. The van der Waals surface area contributed by atoms with Gasteiger partial charge in [-0.3, -0.25) is 0 Å². The molecule has 1 aliphatic heterocycles. The molecule has 0 aliphatic carbocycles. The third-order valence-electron chi connectivity index (χ3n) is 7.42. The number of fused-ring (bicyclic) bond motifs is 1. The first-order chi connectivity index (χ1) is 17.4. The second-order valence-corrected chi connectivity index (χ2v) is 16.4. The first kappa shape index (κ1) is 26.6. The highest BCUT2D eigenvalue weighted by Crippen LogP contribution is 2.44. The maximum absolute atomic E-state index is 9.94. The van der Waals surface area contributed by atoms with Crippen molar-refractivity contribution in [1.82, 2.24) is 9.97 Å². The highest BCUT2D eigenvalue weighted by Gasteiger charge is 2.42. The predicted octanol–water partition coefficient (Wildman–Crippen LogP) is 6.99. The number of nitriles is 2. The molecule has 0 spiro atoms. The molecule has 3 aromatic rings. The summed E-state index contributed by atoms with van der Waals surface area (Å²) in [6.45, 7) is 14.7. The summed E-state index contributed by atoms with van der Waals surface area (Å²) in [5.74, 6) is 0.343. The minimum Gasteiger partial charge on any atom is -0.416 e. The van der Waals surface area contributed by atoms with Crippen LogP contribution >= 0.6 is 11.6 Å². The molecule has 4 rings (SSSR count). The third-order valence-corrected chi connectivity index (χ3v) is 12.2. The molecule has 7 nitrogen and oxygen atoms in total. The zero-order valence-electron chi connectivity index (χ0n) is 22.0. The van der Waals surface area contributed by atoms with Gasteiger partial charge in [0.1, 0.15) is 6.07 Å². The number of benzene rings is 2. The van der Waals surface area contributed by atoms with Gasteiger partial charge in [0.15, 0.2) is 8.32 Å². The van der Waals surface area contributed by atoms with Crippen molar-refractivity contribution in [2.45, 2.75) is 51.2 Å². The van der Waals surface area contributed by atoms with Crippen molar-refractivity contribution in [3.8, 4) is 23.4 Å². The van der Waals surface area contributed by atoms with Gasteiger partial charge in [-0.05, 0) is 60.1 Å². The van der Waals surface area contributed by atoms with Crippen molar-refractivity contribution in [3.05, 3.63) is 64.3 Å². The van der Waals surface area contributed by atoms with E-state index in [-0.39, 0.29) is 10.5 Å². The minimum atomic E-state index is -1.95. The molecule has 0 radical (unpaired) electrons. The third kappa shape index (κ3) is 5.33. The number of nitrogens with zero attached hydrogens (tertiary/aromatic N) is 4. The number of halogens is 1. The predicted molar refractivity (Wildman–Crippen MR) is 151 cm³/mol. The van der Waals surface area contributed by atoms with E-state index in [9.17, 15) is 10.5 Å². The zero-order valence-corrected chi connectivity index (χ0v) is 23.8.